The Morgan fingerprint density at radius 3 is 1.79 bits per heavy atom. The van der Waals surface area contributed by atoms with Crippen LogP contribution in [0.2, 0.25) is 0 Å². The van der Waals surface area contributed by atoms with E-state index in [0.717, 1.165) is 19.3 Å². The van der Waals surface area contributed by atoms with Crippen molar-refractivity contribution in [2.75, 3.05) is 0 Å². The summed E-state index contributed by atoms with van der Waals surface area (Å²) in [6.45, 7) is 7.82. The molecule has 24 heavy (non-hydrogen) atoms. The molecule has 5 N–H and O–H groups in total. The predicted molar refractivity (Wildman–Crippen MR) is 103 cm³/mol. The largest absolute Gasteiger partial charge is 0.412 e. The summed E-state index contributed by atoms with van der Waals surface area (Å²) in [6.07, 6.45) is 12.6. The van der Waals surface area contributed by atoms with Gasteiger partial charge in [-0.3, -0.25) is 4.55 Å². The third kappa shape index (κ3) is 13.2. The van der Waals surface area contributed by atoms with Crippen molar-refractivity contribution in [3.05, 3.63) is 0 Å². The van der Waals surface area contributed by atoms with Crippen LogP contribution in [-0.4, -0.2) is 29.2 Å². The first kappa shape index (κ1) is 26.1. The Bertz CT molecular complexity index is 390. The lowest BCUT2D eigenvalue weighted by atomic mass is 9.81. The Morgan fingerprint density at radius 1 is 0.917 bits per heavy atom. The Balaban J connectivity index is 0. The Morgan fingerprint density at radius 2 is 1.38 bits per heavy atom. The minimum absolute atomic E-state index is 0. The average Bonchev–Trinajstić information content (AvgIpc) is 2.42. The second kappa shape index (κ2) is 13.1. The van der Waals surface area contributed by atoms with E-state index in [0.29, 0.717) is 12.3 Å². The zero-order valence-corrected chi connectivity index (χ0v) is 17.0. The normalized spacial score (nSPS) is 14.9. The van der Waals surface area contributed by atoms with Gasteiger partial charge in [0.2, 0.25) is 0 Å². The van der Waals surface area contributed by atoms with Crippen molar-refractivity contribution >= 4 is 10.1 Å². The molecule has 0 heterocycles. The van der Waals surface area contributed by atoms with Crippen LogP contribution in [0, 0.1) is 5.92 Å². The van der Waals surface area contributed by atoms with Crippen molar-refractivity contribution in [1.82, 2.24) is 0 Å². The maximum absolute atomic E-state index is 11.1. The highest BCUT2D eigenvalue weighted by atomic mass is 32.2. The summed E-state index contributed by atoms with van der Waals surface area (Å²) in [4.78, 5) is 0. The van der Waals surface area contributed by atoms with E-state index in [2.05, 4.69) is 6.92 Å². The molecule has 0 aromatic heterocycles. The molecule has 6 heteroatoms. The molecule has 0 radical (unpaired) electrons. The summed E-state index contributed by atoms with van der Waals surface area (Å²) >= 11 is 0. The summed E-state index contributed by atoms with van der Waals surface area (Å²) in [5.74, 6) is 0.298. The number of hydrogen-bond acceptors (Lipinski definition) is 3. The van der Waals surface area contributed by atoms with Crippen LogP contribution in [0.5, 0.6) is 0 Å². The molecule has 0 aliphatic heterocycles. The zero-order valence-electron chi connectivity index (χ0n) is 16.2. The van der Waals surface area contributed by atoms with Gasteiger partial charge in [0, 0.05) is 5.54 Å². The van der Waals surface area contributed by atoms with Gasteiger partial charge in [0.05, 0.1) is 5.25 Å². The number of nitrogens with two attached hydrogens (primary N) is 1. The van der Waals surface area contributed by atoms with Gasteiger partial charge in [0.1, 0.15) is 0 Å². The van der Waals surface area contributed by atoms with Gasteiger partial charge in [-0.2, -0.15) is 8.42 Å². The van der Waals surface area contributed by atoms with Gasteiger partial charge in [0.25, 0.3) is 10.1 Å². The molecular formula is C18H41NO4S. The molecule has 148 valence electrons. The number of rotatable bonds is 14. The fourth-order valence-electron chi connectivity index (χ4n) is 3.00. The van der Waals surface area contributed by atoms with Gasteiger partial charge in [-0.25, -0.2) is 0 Å². The lowest BCUT2D eigenvalue weighted by molar-refractivity contribution is 0.268. The molecule has 5 nitrogen and oxygen atoms in total. The maximum Gasteiger partial charge on any atom is 0.267 e. The van der Waals surface area contributed by atoms with Gasteiger partial charge in [-0.15, -0.1) is 0 Å². The van der Waals surface area contributed by atoms with Crippen molar-refractivity contribution in [2.45, 2.75) is 109 Å². The molecule has 0 rings (SSSR count). The molecule has 0 aromatic carbocycles. The molecule has 0 saturated carbocycles. The van der Waals surface area contributed by atoms with Gasteiger partial charge in [-0.1, -0.05) is 58.3 Å². The number of unbranched alkanes of at least 4 members (excludes halogenated alkanes) is 7. The summed E-state index contributed by atoms with van der Waals surface area (Å²) in [6, 6.07) is 0. The van der Waals surface area contributed by atoms with E-state index in [1.165, 1.54) is 44.9 Å². The molecule has 0 aliphatic rings. The average molecular weight is 368 g/mol. The second-order valence-corrected chi connectivity index (χ2v) is 9.52. The molecule has 0 fully saturated rings. The summed E-state index contributed by atoms with van der Waals surface area (Å²) in [7, 11) is -3.93. The monoisotopic (exact) mass is 367 g/mol. The molecule has 2 atom stereocenters. The van der Waals surface area contributed by atoms with Crippen molar-refractivity contribution in [3.63, 3.8) is 0 Å². The highest BCUT2D eigenvalue weighted by molar-refractivity contribution is 7.86. The van der Waals surface area contributed by atoms with E-state index in [9.17, 15) is 8.42 Å². The smallest absolute Gasteiger partial charge is 0.267 e. The van der Waals surface area contributed by atoms with Gasteiger partial charge < -0.3 is 11.2 Å². The van der Waals surface area contributed by atoms with E-state index in [4.69, 9.17) is 10.3 Å². The lowest BCUT2D eigenvalue weighted by Crippen LogP contribution is -2.41. The molecule has 0 amide bonds. The fourth-order valence-corrected chi connectivity index (χ4v) is 3.43. The van der Waals surface area contributed by atoms with E-state index in [1.807, 2.05) is 13.8 Å². The second-order valence-electron chi connectivity index (χ2n) is 7.68. The third-order valence-electron chi connectivity index (χ3n) is 4.89. The summed E-state index contributed by atoms with van der Waals surface area (Å²) in [5, 5.41) is -0.703. The van der Waals surface area contributed by atoms with Gasteiger partial charge >= 0.3 is 0 Å². The fraction of sp³-hybridized carbons (Fsp3) is 1.00. The van der Waals surface area contributed by atoms with E-state index in [1.54, 1.807) is 6.92 Å². The molecule has 0 saturated heterocycles. The van der Waals surface area contributed by atoms with Crippen LogP contribution in [0.4, 0.5) is 0 Å². The highest BCUT2D eigenvalue weighted by Crippen LogP contribution is 2.27. The highest BCUT2D eigenvalue weighted by Gasteiger charge is 2.27. The zero-order chi connectivity index (χ0) is 17.9. The van der Waals surface area contributed by atoms with Gasteiger partial charge in [-0.05, 0) is 46.0 Å². The van der Waals surface area contributed by atoms with E-state index >= 15 is 0 Å². The first-order valence-electron chi connectivity index (χ1n) is 9.34. The number of hydrogen-bond donors (Lipinski definition) is 2. The third-order valence-corrected chi connectivity index (χ3v) is 6.14. The molecule has 0 bridgehead atoms. The lowest BCUT2D eigenvalue weighted by Gasteiger charge is -2.31. The Hall–Kier alpha value is -0.170. The molecule has 2 unspecified atom stereocenters. The van der Waals surface area contributed by atoms with Crippen LogP contribution < -0.4 is 5.73 Å². The molecule has 0 aliphatic carbocycles. The molecule has 0 spiro atoms. The van der Waals surface area contributed by atoms with E-state index < -0.39 is 15.4 Å². The van der Waals surface area contributed by atoms with Crippen LogP contribution in [0.15, 0.2) is 0 Å². The summed E-state index contributed by atoms with van der Waals surface area (Å²) < 4.78 is 31.3. The van der Waals surface area contributed by atoms with Crippen molar-refractivity contribution in [2.24, 2.45) is 11.7 Å². The standard InChI is InChI=1S/C18H39NO3S.H2O/c1-5-6-7-8-9-10-11-12-13-17(18(3,4)19)15-14-16(2)23(20,21)22;/h16-17H,5-15,19H2,1-4H3,(H,20,21,22);1H2. The van der Waals surface area contributed by atoms with Crippen LogP contribution in [0.1, 0.15) is 98.3 Å². The Labute approximate surface area is 149 Å². The minimum Gasteiger partial charge on any atom is -0.412 e. The van der Waals surface area contributed by atoms with Crippen molar-refractivity contribution in [1.29, 1.82) is 0 Å². The quantitative estimate of drug-likeness (QED) is 0.355. The van der Waals surface area contributed by atoms with Crippen molar-refractivity contribution < 1.29 is 18.4 Å². The van der Waals surface area contributed by atoms with Crippen LogP contribution in [-0.2, 0) is 10.1 Å². The molecular weight excluding hydrogens is 326 g/mol. The Kier molecular flexibility index (Phi) is 14.2. The van der Waals surface area contributed by atoms with E-state index in [-0.39, 0.29) is 11.0 Å². The van der Waals surface area contributed by atoms with Crippen LogP contribution in [0.25, 0.3) is 0 Å². The van der Waals surface area contributed by atoms with Crippen molar-refractivity contribution in [3.8, 4) is 0 Å². The minimum atomic E-state index is -3.93. The SMILES string of the molecule is CCCCCCCCCCC(CCC(C)S(=O)(=O)O)C(C)(C)N.O. The predicted octanol–water partition coefficient (Wildman–Crippen LogP) is 4.10. The maximum atomic E-state index is 11.1. The van der Waals surface area contributed by atoms with Crippen LogP contribution in [0.3, 0.4) is 0 Å². The first-order valence-corrected chi connectivity index (χ1v) is 10.8. The van der Waals surface area contributed by atoms with Crippen LogP contribution >= 0.6 is 0 Å². The first-order chi connectivity index (χ1) is 10.6. The molecule has 0 aromatic rings. The summed E-state index contributed by atoms with van der Waals surface area (Å²) in [5.41, 5.74) is 5.95. The van der Waals surface area contributed by atoms with Gasteiger partial charge in [0.15, 0.2) is 0 Å². The topological polar surface area (TPSA) is 112 Å².